The van der Waals surface area contributed by atoms with Crippen LogP contribution in [0.25, 0.3) is 0 Å². The van der Waals surface area contributed by atoms with Gasteiger partial charge in [0.2, 0.25) is 0 Å². The molecule has 0 bridgehead atoms. The number of nitrogens with zero attached hydrogens (tertiary/aromatic N) is 4. The summed E-state index contributed by atoms with van der Waals surface area (Å²) in [5, 5.41) is 42.8. The van der Waals surface area contributed by atoms with Crippen molar-refractivity contribution in [1.82, 2.24) is 19.8 Å². The van der Waals surface area contributed by atoms with E-state index >= 15 is 0 Å². The van der Waals surface area contributed by atoms with Crippen LogP contribution in [0.2, 0.25) is 0 Å². The summed E-state index contributed by atoms with van der Waals surface area (Å²) >= 11 is 0. The molecule has 2 aliphatic rings. The summed E-state index contributed by atoms with van der Waals surface area (Å²) in [5.74, 6) is -1.47. The monoisotopic (exact) mass is 938 g/mol. The molecule has 0 amide bonds. The van der Waals surface area contributed by atoms with Crippen LogP contribution in [-0.4, -0.2) is 117 Å². The predicted octanol–water partition coefficient (Wildman–Crippen LogP) is 8.19. The molecule has 1 aromatic carbocycles. The molecule has 16 heteroatoms. The molecule has 5 N–H and O–H groups in total. The minimum absolute atomic E-state index is 0. The summed E-state index contributed by atoms with van der Waals surface area (Å²) in [7, 11) is 4.09. The maximum atomic E-state index is 12.9. The lowest BCUT2D eigenvalue weighted by Gasteiger charge is -2.43. The van der Waals surface area contributed by atoms with E-state index in [4.69, 9.17) is 29.9 Å². The molecule has 2 fully saturated rings. The molecule has 0 saturated heterocycles. The van der Waals surface area contributed by atoms with Gasteiger partial charge in [0.15, 0.2) is 0 Å². The number of likely N-dealkylation sites (N-methyl/N-ethyl adjacent to an activating group) is 2. The Morgan fingerprint density at radius 1 is 0.797 bits per heavy atom. The summed E-state index contributed by atoms with van der Waals surface area (Å²) in [4.78, 5) is 45.0. The number of aromatic hydroxyl groups is 1. The van der Waals surface area contributed by atoms with Crippen molar-refractivity contribution < 1.29 is 49.4 Å². The fraction of sp³-hybridized carbons (Fsp3) is 0.604. The van der Waals surface area contributed by atoms with E-state index in [1.54, 1.807) is 6.92 Å². The summed E-state index contributed by atoms with van der Waals surface area (Å²) in [6, 6.07) is 16.2. The first-order valence-electron chi connectivity index (χ1n) is 22.2. The number of aliphatic carboxylic acids is 2. The second-order valence-corrected chi connectivity index (χ2v) is 16.3. The second-order valence-electron chi connectivity index (χ2n) is 16.3. The Hall–Kier alpha value is -3.89. The average molecular weight is 940 g/mol. The molecule has 0 spiro atoms. The summed E-state index contributed by atoms with van der Waals surface area (Å²) in [6.07, 6.45) is 15.0. The average Bonchev–Trinajstić information content (AvgIpc) is 3.29. The van der Waals surface area contributed by atoms with Gasteiger partial charge in [-0.3, -0.25) is 24.4 Å². The van der Waals surface area contributed by atoms with Crippen LogP contribution in [0.4, 0.5) is 0 Å². The molecule has 2 heterocycles. The molecule has 2 aliphatic carbocycles. The molecule has 2 saturated carbocycles. The van der Waals surface area contributed by atoms with Gasteiger partial charge in [0.25, 0.3) is 0 Å². The summed E-state index contributed by atoms with van der Waals surface area (Å²) in [5.41, 5.74) is 2.67. The van der Waals surface area contributed by atoms with Crippen molar-refractivity contribution in [3.63, 3.8) is 0 Å². The van der Waals surface area contributed by atoms with Crippen molar-refractivity contribution in [3.8, 4) is 5.75 Å². The number of carbonyl (C=O) groups is 3. The molecule has 5 rings (SSSR count). The van der Waals surface area contributed by atoms with Crippen molar-refractivity contribution in [2.45, 2.75) is 124 Å². The number of hydrogen-bond donors (Lipinski definition) is 5. The number of carboxylic acids is 2. The number of halogens is 2. The van der Waals surface area contributed by atoms with Gasteiger partial charge in [-0.25, -0.2) is 0 Å². The molecule has 0 aliphatic heterocycles. The predicted molar refractivity (Wildman–Crippen MR) is 254 cm³/mol. The Morgan fingerprint density at radius 3 is 1.88 bits per heavy atom. The smallest absolute Gasteiger partial charge is 0.312 e. The molecule has 2 aromatic heterocycles. The van der Waals surface area contributed by atoms with Gasteiger partial charge < -0.3 is 44.8 Å². The zero-order valence-electron chi connectivity index (χ0n) is 38.9. The number of aryl methyl sites for hydroxylation is 1. The number of rotatable bonds is 18. The number of aromatic nitrogens is 2. The number of esters is 1. The number of hydrogen-bond acceptors (Lipinski definition) is 12. The van der Waals surface area contributed by atoms with Crippen LogP contribution in [0.15, 0.2) is 60.9 Å². The van der Waals surface area contributed by atoms with E-state index in [-0.39, 0.29) is 68.0 Å². The van der Waals surface area contributed by atoms with Crippen LogP contribution in [0.3, 0.4) is 0 Å². The van der Waals surface area contributed by atoms with E-state index in [0.29, 0.717) is 36.0 Å². The highest BCUT2D eigenvalue weighted by molar-refractivity contribution is 5.85. The maximum Gasteiger partial charge on any atom is 0.312 e. The molecular weight excluding hydrogens is 863 g/mol. The van der Waals surface area contributed by atoms with Gasteiger partial charge >= 0.3 is 17.9 Å². The molecule has 14 nitrogen and oxygen atoms in total. The first-order chi connectivity index (χ1) is 29.7. The number of carboxylic acid groups (broad SMARTS) is 2. The van der Waals surface area contributed by atoms with Gasteiger partial charge in [-0.15, -0.1) is 24.8 Å². The molecule has 64 heavy (non-hydrogen) atoms. The van der Waals surface area contributed by atoms with Crippen molar-refractivity contribution in [1.29, 1.82) is 0 Å². The third-order valence-corrected chi connectivity index (χ3v) is 11.8. The number of pyridine rings is 2. The minimum Gasteiger partial charge on any atom is -0.506 e. The van der Waals surface area contributed by atoms with Crippen LogP contribution in [0.1, 0.15) is 126 Å². The fourth-order valence-electron chi connectivity index (χ4n) is 7.92. The van der Waals surface area contributed by atoms with Gasteiger partial charge in [0.05, 0.1) is 49.5 Å². The zero-order valence-corrected chi connectivity index (χ0v) is 40.5. The Kier molecular flexibility index (Phi) is 30.7. The Labute approximate surface area is 393 Å². The lowest BCUT2D eigenvalue weighted by atomic mass is 9.62. The molecule has 362 valence electrons. The van der Waals surface area contributed by atoms with Gasteiger partial charge in [0, 0.05) is 36.6 Å². The first kappa shape index (κ1) is 60.1. The maximum absolute atomic E-state index is 12.9. The summed E-state index contributed by atoms with van der Waals surface area (Å²) in [6.45, 7) is 12.6. The van der Waals surface area contributed by atoms with Crippen molar-refractivity contribution in [2.75, 3.05) is 53.5 Å². The van der Waals surface area contributed by atoms with Crippen molar-refractivity contribution in [3.05, 3.63) is 89.0 Å². The quantitative estimate of drug-likeness (QED) is 0.0764. The van der Waals surface area contributed by atoms with Crippen LogP contribution in [-0.2, 0) is 42.7 Å². The van der Waals surface area contributed by atoms with Crippen LogP contribution in [0, 0.1) is 18.3 Å². The van der Waals surface area contributed by atoms with Gasteiger partial charge in [-0.05, 0) is 90.3 Å². The van der Waals surface area contributed by atoms with E-state index in [1.165, 1.54) is 57.6 Å². The van der Waals surface area contributed by atoms with Crippen LogP contribution >= 0.6 is 24.8 Å². The third kappa shape index (κ3) is 20.1. The Bertz CT molecular complexity index is 1670. The lowest BCUT2D eigenvalue weighted by molar-refractivity contribution is -0.164. The number of aliphatic hydroxyl groups excluding tert-OH is 2. The normalized spacial score (nSPS) is 15.2. The van der Waals surface area contributed by atoms with Crippen LogP contribution < -0.4 is 0 Å². The number of aliphatic hydroxyl groups is 2. The SMILES string of the molecule is CCN(CC)CCOC(=O)C1(C2CCCCC2)CCCCC1.CN(C)CCOC(C)(c1ccccc1)c1ccccn1.Cc1ncc(CO)c(CO)c1O.Cl.Cl.O=C(O)CCC(=O)O. The molecular formula is C48H76Cl2N4O10. The van der Waals surface area contributed by atoms with Crippen LogP contribution in [0.5, 0.6) is 5.75 Å². The van der Waals surface area contributed by atoms with Gasteiger partial charge in [-0.1, -0.05) is 88.8 Å². The standard InChI is InChI=1S/C19H35NO2.C17H22N2O.C8H11NO3.C4H6O4.2ClH/c1-3-20(4-2)15-16-22-18(21)19(13-9-6-10-14-19)17-11-7-5-8-12-17;1-17(20-14-13-19(2)3,15-9-5-4-6-10-15)16-11-7-8-12-18-16;1-5-8(12)7(4-11)6(3-10)2-9-5;5-3(6)1-2-4(7)8;;/h17H,3-16H2,1-2H3;4-12H,13-14H2,1-3H3;2,10-12H,3-4H2,1H3;1-2H2,(H,5,6)(H,7,8);2*1H. The largest absolute Gasteiger partial charge is 0.506 e. The van der Waals surface area contributed by atoms with Crippen molar-refractivity contribution >= 4 is 42.7 Å². The van der Waals surface area contributed by atoms with E-state index in [2.05, 4.69) is 52.7 Å². The molecule has 3 aromatic rings. The molecule has 1 atom stereocenters. The first-order valence-corrected chi connectivity index (χ1v) is 22.2. The highest BCUT2D eigenvalue weighted by atomic mass is 35.5. The number of ether oxygens (including phenoxy) is 2. The number of carbonyl (C=O) groups excluding carboxylic acids is 1. The molecule has 1 unspecified atom stereocenters. The van der Waals surface area contributed by atoms with E-state index < -0.39 is 17.5 Å². The lowest BCUT2D eigenvalue weighted by Crippen LogP contribution is -2.43. The van der Waals surface area contributed by atoms with Gasteiger partial charge in [-0.2, -0.15) is 0 Å². The van der Waals surface area contributed by atoms with Gasteiger partial charge in [0.1, 0.15) is 18.0 Å². The second kappa shape index (κ2) is 32.7. The third-order valence-electron chi connectivity index (χ3n) is 11.8. The van der Waals surface area contributed by atoms with Crippen molar-refractivity contribution in [2.24, 2.45) is 11.3 Å². The Balaban J connectivity index is 0.000000870. The topological polar surface area (TPSA) is 203 Å². The fourth-order valence-corrected chi connectivity index (χ4v) is 7.92. The Morgan fingerprint density at radius 2 is 1.38 bits per heavy atom. The zero-order chi connectivity index (χ0) is 46.0. The summed E-state index contributed by atoms with van der Waals surface area (Å²) < 4.78 is 12.0. The number of benzene rings is 1. The highest BCUT2D eigenvalue weighted by Crippen LogP contribution is 2.49. The van der Waals surface area contributed by atoms with E-state index in [0.717, 1.165) is 50.3 Å². The highest BCUT2D eigenvalue weighted by Gasteiger charge is 2.47. The minimum atomic E-state index is -1.08. The molecule has 0 radical (unpaired) electrons. The van der Waals surface area contributed by atoms with E-state index in [9.17, 15) is 19.5 Å². The van der Waals surface area contributed by atoms with E-state index in [1.807, 2.05) is 56.7 Å².